The summed E-state index contributed by atoms with van der Waals surface area (Å²) in [5, 5.41) is 3.21. The third-order valence-corrected chi connectivity index (χ3v) is 3.66. The van der Waals surface area contributed by atoms with E-state index in [9.17, 15) is 22.4 Å². The predicted molar refractivity (Wildman–Crippen MR) is 84.0 cm³/mol. The third-order valence-electron chi connectivity index (χ3n) is 3.66. The Morgan fingerprint density at radius 2 is 2.00 bits per heavy atom. The van der Waals surface area contributed by atoms with Crippen molar-refractivity contribution < 1.29 is 22.4 Å². The Hall–Kier alpha value is -2.90. The van der Waals surface area contributed by atoms with Gasteiger partial charge in [0, 0.05) is 35.3 Å². The van der Waals surface area contributed by atoms with E-state index in [4.69, 9.17) is 0 Å². The molecule has 4 nitrogen and oxygen atoms in total. The molecule has 0 saturated heterocycles. The van der Waals surface area contributed by atoms with Crippen LogP contribution in [0.5, 0.6) is 0 Å². The second kappa shape index (κ2) is 6.19. The molecule has 0 unspecified atom stereocenters. The topological polar surface area (TPSA) is 57.8 Å². The van der Waals surface area contributed by atoms with Crippen LogP contribution in [0.15, 0.2) is 36.5 Å². The van der Waals surface area contributed by atoms with Crippen molar-refractivity contribution in [1.29, 1.82) is 0 Å². The van der Waals surface area contributed by atoms with Crippen LogP contribution in [0, 0.1) is 5.82 Å². The molecule has 0 aliphatic rings. The number of benzene rings is 1. The van der Waals surface area contributed by atoms with E-state index in [0.29, 0.717) is 22.8 Å². The number of H-pyrrole nitrogens is 1. The van der Waals surface area contributed by atoms with E-state index in [1.54, 1.807) is 6.07 Å². The lowest BCUT2D eigenvalue weighted by Crippen LogP contribution is -2.18. The van der Waals surface area contributed by atoms with E-state index in [0.717, 1.165) is 12.1 Å². The number of aromatic nitrogens is 2. The number of hydrogen-bond acceptors (Lipinski definition) is 2. The average Bonchev–Trinajstić information content (AvgIpc) is 2.93. The minimum absolute atomic E-state index is 0.0918. The highest BCUT2D eigenvalue weighted by molar-refractivity contribution is 5.85. The van der Waals surface area contributed by atoms with Crippen LogP contribution in [-0.2, 0) is 17.5 Å². The van der Waals surface area contributed by atoms with Gasteiger partial charge in [-0.1, -0.05) is 0 Å². The molecule has 8 heteroatoms. The largest absolute Gasteiger partial charge is 0.417 e. The molecule has 25 heavy (non-hydrogen) atoms. The molecule has 0 atom stereocenters. The highest BCUT2D eigenvalue weighted by atomic mass is 19.4. The molecule has 3 aromatic rings. The second-order valence-corrected chi connectivity index (χ2v) is 5.55. The van der Waals surface area contributed by atoms with E-state index in [1.807, 2.05) is 0 Å². The molecule has 0 radical (unpaired) electrons. The molecular formula is C17H13F4N3O. The average molecular weight is 351 g/mol. The van der Waals surface area contributed by atoms with Gasteiger partial charge >= 0.3 is 6.18 Å². The minimum Gasteiger partial charge on any atom is -0.357 e. The van der Waals surface area contributed by atoms with E-state index in [-0.39, 0.29) is 23.7 Å². The molecule has 0 aliphatic heterocycles. The molecule has 130 valence electrons. The number of halogens is 4. The Bertz CT molecular complexity index is 929. The van der Waals surface area contributed by atoms with Crippen molar-refractivity contribution in [2.24, 2.45) is 0 Å². The highest BCUT2D eigenvalue weighted by Crippen LogP contribution is 2.31. The summed E-state index contributed by atoms with van der Waals surface area (Å²) in [6.07, 6.45) is -3.82. The number of alkyl halides is 3. The van der Waals surface area contributed by atoms with Gasteiger partial charge in [0.15, 0.2) is 0 Å². The van der Waals surface area contributed by atoms with Crippen molar-refractivity contribution >= 4 is 16.8 Å². The SMILES string of the molecule is CC(=O)NCc1cc2cc(F)c(-c3ccc(C(F)(F)F)cn3)cc2[nH]1. The van der Waals surface area contributed by atoms with E-state index >= 15 is 0 Å². The fraction of sp³-hybridized carbons (Fsp3) is 0.176. The molecule has 2 aromatic heterocycles. The summed E-state index contributed by atoms with van der Waals surface area (Å²) in [6, 6.07) is 6.45. The molecule has 0 spiro atoms. The lowest BCUT2D eigenvalue weighted by molar-refractivity contribution is -0.137. The van der Waals surface area contributed by atoms with Crippen molar-refractivity contribution in [2.45, 2.75) is 19.6 Å². The number of nitrogens with zero attached hydrogens (tertiary/aromatic N) is 1. The zero-order valence-corrected chi connectivity index (χ0v) is 13.0. The van der Waals surface area contributed by atoms with Crippen LogP contribution >= 0.6 is 0 Å². The molecule has 2 heterocycles. The molecular weight excluding hydrogens is 338 g/mol. The van der Waals surface area contributed by atoms with Crippen molar-refractivity contribution in [3.05, 3.63) is 53.6 Å². The third kappa shape index (κ3) is 3.62. The van der Waals surface area contributed by atoms with Crippen LogP contribution in [-0.4, -0.2) is 15.9 Å². The Kier molecular flexibility index (Phi) is 4.20. The maximum atomic E-state index is 14.3. The van der Waals surface area contributed by atoms with Gasteiger partial charge in [-0.05, 0) is 30.3 Å². The fourth-order valence-corrected chi connectivity index (χ4v) is 2.45. The number of pyridine rings is 1. The van der Waals surface area contributed by atoms with Gasteiger partial charge in [-0.2, -0.15) is 13.2 Å². The number of carbonyl (C=O) groups is 1. The van der Waals surface area contributed by atoms with Crippen LogP contribution < -0.4 is 5.32 Å². The highest BCUT2D eigenvalue weighted by Gasteiger charge is 2.30. The first-order valence-corrected chi connectivity index (χ1v) is 7.33. The van der Waals surface area contributed by atoms with Gasteiger partial charge < -0.3 is 10.3 Å². The van der Waals surface area contributed by atoms with Crippen LogP contribution in [0.25, 0.3) is 22.2 Å². The van der Waals surface area contributed by atoms with Gasteiger partial charge in [-0.3, -0.25) is 9.78 Å². The van der Waals surface area contributed by atoms with Gasteiger partial charge in [-0.15, -0.1) is 0 Å². The summed E-state index contributed by atoms with van der Waals surface area (Å²) >= 11 is 0. The van der Waals surface area contributed by atoms with Crippen molar-refractivity contribution in [2.75, 3.05) is 0 Å². The van der Waals surface area contributed by atoms with Gasteiger partial charge in [0.1, 0.15) is 5.82 Å². The summed E-state index contributed by atoms with van der Waals surface area (Å²) in [4.78, 5) is 17.7. The summed E-state index contributed by atoms with van der Waals surface area (Å²) in [7, 11) is 0. The molecule has 0 aliphatic carbocycles. The molecule has 0 saturated carbocycles. The van der Waals surface area contributed by atoms with Crippen LogP contribution in [0.4, 0.5) is 17.6 Å². The number of carbonyl (C=O) groups excluding carboxylic acids is 1. The Balaban J connectivity index is 1.96. The van der Waals surface area contributed by atoms with Crippen molar-refractivity contribution in [3.63, 3.8) is 0 Å². The van der Waals surface area contributed by atoms with Gasteiger partial charge in [-0.25, -0.2) is 4.39 Å². The first-order chi connectivity index (χ1) is 11.7. The first kappa shape index (κ1) is 16.9. The maximum Gasteiger partial charge on any atom is 0.417 e. The fourth-order valence-electron chi connectivity index (χ4n) is 2.45. The maximum absolute atomic E-state index is 14.3. The van der Waals surface area contributed by atoms with Gasteiger partial charge in [0.25, 0.3) is 0 Å². The van der Waals surface area contributed by atoms with E-state index < -0.39 is 17.6 Å². The van der Waals surface area contributed by atoms with Crippen molar-refractivity contribution in [3.8, 4) is 11.3 Å². The molecule has 3 rings (SSSR count). The lowest BCUT2D eigenvalue weighted by Gasteiger charge is -2.07. The first-order valence-electron chi connectivity index (χ1n) is 7.33. The number of rotatable bonds is 3. The van der Waals surface area contributed by atoms with Crippen molar-refractivity contribution in [1.82, 2.24) is 15.3 Å². The Morgan fingerprint density at radius 3 is 2.60 bits per heavy atom. The van der Waals surface area contributed by atoms with Gasteiger partial charge in [0.2, 0.25) is 5.91 Å². The van der Waals surface area contributed by atoms with Crippen LogP contribution in [0.3, 0.4) is 0 Å². The summed E-state index contributed by atoms with van der Waals surface area (Å²) in [5.74, 6) is -0.788. The zero-order chi connectivity index (χ0) is 18.2. The number of fused-ring (bicyclic) bond motifs is 1. The quantitative estimate of drug-likeness (QED) is 0.700. The summed E-state index contributed by atoms with van der Waals surface area (Å²) < 4.78 is 52.1. The van der Waals surface area contributed by atoms with Crippen LogP contribution in [0.1, 0.15) is 18.2 Å². The molecule has 0 bridgehead atoms. The summed E-state index contributed by atoms with van der Waals surface area (Å²) in [5.41, 5.74) is 0.579. The Morgan fingerprint density at radius 1 is 1.24 bits per heavy atom. The van der Waals surface area contributed by atoms with E-state index in [2.05, 4.69) is 15.3 Å². The second-order valence-electron chi connectivity index (χ2n) is 5.55. The monoisotopic (exact) mass is 351 g/mol. The number of aromatic amines is 1. The molecule has 2 N–H and O–H groups in total. The molecule has 1 aromatic carbocycles. The Labute approximate surface area is 139 Å². The molecule has 0 fully saturated rings. The minimum atomic E-state index is -4.49. The number of hydrogen-bond donors (Lipinski definition) is 2. The molecule has 1 amide bonds. The normalized spacial score (nSPS) is 11.7. The standard InChI is InChI=1S/C17H13F4N3O/c1-9(25)22-8-12-4-10-5-14(18)13(6-16(10)24-12)15-3-2-11(7-23-15)17(19,20)21/h2-7,24H,8H2,1H3,(H,22,25). The zero-order valence-electron chi connectivity index (χ0n) is 13.0. The smallest absolute Gasteiger partial charge is 0.357 e. The predicted octanol–water partition coefficient (Wildman–Crippen LogP) is 4.02. The number of amides is 1. The lowest BCUT2D eigenvalue weighted by atomic mass is 10.1. The van der Waals surface area contributed by atoms with E-state index in [1.165, 1.54) is 19.1 Å². The van der Waals surface area contributed by atoms with Gasteiger partial charge in [0.05, 0.1) is 17.8 Å². The number of nitrogens with one attached hydrogen (secondary N) is 2. The van der Waals surface area contributed by atoms with Crippen LogP contribution in [0.2, 0.25) is 0 Å². The summed E-state index contributed by atoms with van der Waals surface area (Å²) in [6.45, 7) is 1.65.